The molecule has 1 saturated heterocycles. The van der Waals surface area contributed by atoms with E-state index in [4.69, 9.17) is 4.74 Å². The highest BCUT2D eigenvalue weighted by molar-refractivity contribution is 5.84. The van der Waals surface area contributed by atoms with Crippen LogP contribution in [0, 0.1) is 16.7 Å². The summed E-state index contributed by atoms with van der Waals surface area (Å²) in [6.07, 6.45) is 2.06. The van der Waals surface area contributed by atoms with E-state index >= 15 is 0 Å². The van der Waals surface area contributed by atoms with Crippen molar-refractivity contribution in [3.63, 3.8) is 0 Å². The number of H-pyrrole nitrogens is 1. The maximum Gasteiger partial charge on any atom is 0.224 e. The first-order valence-corrected chi connectivity index (χ1v) is 7.13. The van der Waals surface area contributed by atoms with Gasteiger partial charge in [-0.2, -0.15) is 5.10 Å². The molecule has 1 amide bonds. The summed E-state index contributed by atoms with van der Waals surface area (Å²) in [5.41, 5.74) is 0.108. The minimum Gasteiger partial charge on any atom is -0.368 e. The molecule has 1 aromatic heterocycles. The lowest BCUT2D eigenvalue weighted by Crippen LogP contribution is -2.39. The molecule has 1 saturated carbocycles. The molecule has 6 nitrogen and oxygen atoms in total. The summed E-state index contributed by atoms with van der Waals surface area (Å²) in [6, 6.07) is -0.0253. The molecule has 1 aliphatic heterocycles. The second-order valence-electron chi connectivity index (χ2n) is 6.94. The number of hydrogen-bond donors (Lipinski definition) is 2. The number of carbonyl (C=O) groups excluding carboxylic acids is 1. The predicted octanol–water partition coefficient (Wildman–Crippen LogP) is 1.43. The van der Waals surface area contributed by atoms with E-state index in [1.807, 2.05) is 0 Å². The Morgan fingerprint density at radius 3 is 2.65 bits per heavy atom. The van der Waals surface area contributed by atoms with E-state index in [1.54, 1.807) is 0 Å². The van der Waals surface area contributed by atoms with Gasteiger partial charge in [0, 0.05) is 12.5 Å². The molecule has 0 aromatic carbocycles. The van der Waals surface area contributed by atoms with Gasteiger partial charge >= 0.3 is 0 Å². The van der Waals surface area contributed by atoms with Crippen LogP contribution in [-0.4, -0.2) is 33.7 Å². The van der Waals surface area contributed by atoms with Gasteiger partial charge in [-0.1, -0.05) is 27.7 Å². The van der Waals surface area contributed by atoms with E-state index in [1.165, 1.54) is 6.33 Å². The van der Waals surface area contributed by atoms with E-state index in [9.17, 15) is 4.79 Å². The van der Waals surface area contributed by atoms with Gasteiger partial charge in [-0.25, -0.2) is 4.98 Å². The molecule has 1 aromatic rings. The monoisotopic (exact) mass is 278 g/mol. The highest BCUT2D eigenvalue weighted by Gasteiger charge is 2.68. The normalized spacial score (nSPS) is 31.2. The summed E-state index contributed by atoms with van der Waals surface area (Å²) >= 11 is 0. The van der Waals surface area contributed by atoms with Crippen LogP contribution in [0.3, 0.4) is 0 Å². The van der Waals surface area contributed by atoms with Gasteiger partial charge in [-0.15, -0.1) is 0 Å². The fourth-order valence-electron chi connectivity index (χ4n) is 3.48. The van der Waals surface area contributed by atoms with Crippen molar-refractivity contribution in [3.8, 4) is 0 Å². The molecular formula is C14H22N4O2. The summed E-state index contributed by atoms with van der Waals surface area (Å²) in [5, 5.41) is 9.81. The molecule has 2 fully saturated rings. The van der Waals surface area contributed by atoms with Crippen LogP contribution < -0.4 is 5.32 Å². The minimum atomic E-state index is -0.216. The summed E-state index contributed by atoms with van der Waals surface area (Å²) in [6.45, 7) is 9.23. The zero-order valence-electron chi connectivity index (χ0n) is 12.4. The van der Waals surface area contributed by atoms with Gasteiger partial charge in [0.2, 0.25) is 5.91 Å². The highest BCUT2D eigenvalue weighted by atomic mass is 16.5. The van der Waals surface area contributed by atoms with Crippen molar-refractivity contribution < 1.29 is 9.53 Å². The largest absolute Gasteiger partial charge is 0.368 e. The van der Waals surface area contributed by atoms with E-state index in [-0.39, 0.29) is 34.8 Å². The molecule has 0 spiro atoms. The number of aromatic amines is 1. The molecule has 0 unspecified atom stereocenters. The van der Waals surface area contributed by atoms with Crippen LogP contribution in [0.1, 0.15) is 46.0 Å². The number of carbonyl (C=O) groups is 1. The number of nitrogens with one attached hydrogen (secondary N) is 2. The van der Waals surface area contributed by atoms with Crippen molar-refractivity contribution in [3.05, 3.63) is 12.2 Å². The maximum absolute atomic E-state index is 12.5. The first-order valence-electron chi connectivity index (χ1n) is 7.13. The van der Waals surface area contributed by atoms with Gasteiger partial charge in [0.15, 0.2) is 5.82 Å². The van der Waals surface area contributed by atoms with Crippen LogP contribution in [-0.2, 0) is 9.53 Å². The zero-order valence-corrected chi connectivity index (χ0v) is 12.4. The zero-order chi connectivity index (χ0) is 14.5. The number of amides is 1. The van der Waals surface area contributed by atoms with E-state index in [0.717, 1.165) is 6.42 Å². The van der Waals surface area contributed by atoms with E-state index in [0.29, 0.717) is 12.4 Å². The second kappa shape index (κ2) is 4.28. The van der Waals surface area contributed by atoms with Crippen molar-refractivity contribution in [1.82, 2.24) is 20.5 Å². The van der Waals surface area contributed by atoms with Crippen LogP contribution in [0.2, 0.25) is 0 Å². The second-order valence-corrected chi connectivity index (χ2v) is 6.94. The molecule has 2 atom stereocenters. The molecule has 2 N–H and O–H groups in total. The molecule has 20 heavy (non-hydrogen) atoms. The van der Waals surface area contributed by atoms with Gasteiger partial charge in [0.05, 0.1) is 6.04 Å². The molecular weight excluding hydrogens is 256 g/mol. The number of nitrogens with zero attached hydrogens (tertiary/aromatic N) is 2. The third-order valence-corrected chi connectivity index (χ3v) is 5.41. The van der Waals surface area contributed by atoms with Crippen molar-refractivity contribution in [1.29, 1.82) is 0 Å². The Morgan fingerprint density at radius 1 is 1.40 bits per heavy atom. The SMILES string of the molecule is CC1(C)C(C(=O)N[C@H]2CCO[C@H]2c2ncn[nH]2)C1(C)C. The fourth-order valence-corrected chi connectivity index (χ4v) is 3.48. The first-order chi connectivity index (χ1) is 9.35. The Bertz CT molecular complexity index is 495. The topological polar surface area (TPSA) is 79.9 Å². The Hall–Kier alpha value is -1.43. The third kappa shape index (κ3) is 1.85. The number of rotatable bonds is 3. The van der Waals surface area contributed by atoms with Crippen molar-refractivity contribution >= 4 is 5.91 Å². The summed E-state index contributed by atoms with van der Waals surface area (Å²) < 4.78 is 5.67. The Labute approximate surface area is 118 Å². The van der Waals surface area contributed by atoms with Crippen LogP contribution in [0.25, 0.3) is 0 Å². The molecule has 0 radical (unpaired) electrons. The highest BCUT2D eigenvalue weighted by Crippen LogP contribution is 2.68. The van der Waals surface area contributed by atoms with Gasteiger partial charge in [-0.3, -0.25) is 9.89 Å². The van der Waals surface area contributed by atoms with Crippen LogP contribution >= 0.6 is 0 Å². The van der Waals surface area contributed by atoms with Crippen LogP contribution in [0.4, 0.5) is 0 Å². The summed E-state index contributed by atoms with van der Waals surface area (Å²) in [7, 11) is 0. The molecule has 2 heterocycles. The Kier molecular flexibility index (Phi) is 2.90. The molecule has 0 bridgehead atoms. The van der Waals surface area contributed by atoms with Crippen molar-refractivity contribution in [2.45, 2.75) is 46.3 Å². The summed E-state index contributed by atoms with van der Waals surface area (Å²) in [4.78, 5) is 16.6. The lowest BCUT2D eigenvalue weighted by molar-refractivity contribution is -0.124. The lowest BCUT2D eigenvalue weighted by Gasteiger charge is -2.18. The quantitative estimate of drug-likeness (QED) is 0.876. The summed E-state index contributed by atoms with van der Waals surface area (Å²) in [5.74, 6) is 0.869. The van der Waals surface area contributed by atoms with Gasteiger partial charge in [0.25, 0.3) is 0 Å². The molecule has 1 aliphatic carbocycles. The van der Waals surface area contributed by atoms with Gasteiger partial charge in [-0.05, 0) is 17.3 Å². The molecule has 110 valence electrons. The molecule has 2 aliphatic rings. The standard InChI is InChI=1S/C14H22N4O2/c1-13(2)10(14(13,3)4)12(19)17-8-5-6-20-9(8)11-15-7-16-18-11/h7-10H,5-6H2,1-4H3,(H,17,19)(H,15,16,18)/t8-,9+/m0/s1. The van der Waals surface area contributed by atoms with Crippen molar-refractivity contribution in [2.24, 2.45) is 16.7 Å². The third-order valence-electron chi connectivity index (χ3n) is 5.41. The average Bonchev–Trinajstić information content (AvgIpc) is 2.82. The fraction of sp³-hybridized carbons (Fsp3) is 0.786. The van der Waals surface area contributed by atoms with E-state index < -0.39 is 0 Å². The maximum atomic E-state index is 12.5. The van der Waals surface area contributed by atoms with Crippen LogP contribution in [0.5, 0.6) is 0 Å². The van der Waals surface area contributed by atoms with Gasteiger partial charge < -0.3 is 10.1 Å². The van der Waals surface area contributed by atoms with Crippen LogP contribution in [0.15, 0.2) is 6.33 Å². The number of aromatic nitrogens is 3. The van der Waals surface area contributed by atoms with Gasteiger partial charge in [0.1, 0.15) is 12.4 Å². The minimum absolute atomic E-state index is 0.0253. The first kappa shape index (κ1) is 13.5. The smallest absolute Gasteiger partial charge is 0.224 e. The van der Waals surface area contributed by atoms with E-state index in [2.05, 4.69) is 48.2 Å². The lowest BCUT2D eigenvalue weighted by atomic mass is 10.0. The van der Waals surface area contributed by atoms with Crippen molar-refractivity contribution in [2.75, 3.05) is 6.61 Å². The molecule has 6 heteroatoms. The number of hydrogen-bond acceptors (Lipinski definition) is 4. The average molecular weight is 278 g/mol. The Balaban J connectivity index is 1.68. The number of ether oxygens (including phenoxy) is 1. The Morgan fingerprint density at radius 2 is 2.10 bits per heavy atom. The molecule has 3 rings (SSSR count). The predicted molar refractivity (Wildman–Crippen MR) is 72.7 cm³/mol.